The van der Waals surface area contributed by atoms with Gasteiger partial charge < -0.3 is 14.7 Å². The summed E-state index contributed by atoms with van der Waals surface area (Å²) in [5.41, 5.74) is 1.20. The van der Waals surface area contributed by atoms with Crippen LogP contribution in [0.3, 0.4) is 0 Å². The number of aliphatic hydroxyl groups excluding tert-OH is 1. The summed E-state index contributed by atoms with van der Waals surface area (Å²) in [6.45, 7) is 4.33. The third-order valence-corrected chi connectivity index (χ3v) is 2.81. The maximum absolute atomic E-state index is 13.8. The summed E-state index contributed by atoms with van der Waals surface area (Å²) in [4.78, 5) is 1.96. The van der Waals surface area contributed by atoms with E-state index in [2.05, 4.69) is 0 Å². The van der Waals surface area contributed by atoms with Crippen molar-refractivity contribution in [2.24, 2.45) is 0 Å². The summed E-state index contributed by atoms with van der Waals surface area (Å²) in [6, 6.07) is 4.89. The van der Waals surface area contributed by atoms with Crippen LogP contribution in [-0.4, -0.2) is 31.4 Å². The van der Waals surface area contributed by atoms with Crippen LogP contribution in [0, 0.1) is 5.82 Å². The standard InChI is InChI=1S/C12H16FNO2/c1-9(15)10-2-3-12(11(13)8-10)14-4-6-16-7-5-14/h2-3,8-9,15H,4-7H2,1H3/t9-/m0/s1. The van der Waals surface area contributed by atoms with Crippen molar-refractivity contribution in [2.75, 3.05) is 31.2 Å². The van der Waals surface area contributed by atoms with Gasteiger partial charge in [0.15, 0.2) is 0 Å². The number of aliphatic hydroxyl groups is 1. The molecule has 0 aliphatic carbocycles. The molecule has 0 amide bonds. The number of hydrogen-bond donors (Lipinski definition) is 1. The van der Waals surface area contributed by atoms with E-state index < -0.39 is 6.10 Å². The minimum atomic E-state index is -0.631. The van der Waals surface area contributed by atoms with E-state index >= 15 is 0 Å². The molecule has 1 aromatic rings. The molecule has 3 nitrogen and oxygen atoms in total. The second kappa shape index (κ2) is 4.80. The molecule has 0 aromatic heterocycles. The molecule has 0 radical (unpaired) electrons. The lowest BCUT2D eigenvalue weighted by Gasteiger charge is -2.29. The predicted octanol–water partition coefficient (Wildman–Crippen LogP) is 1.72. The molecule has 0 unspecified atom stereocenters. The van der Waals surface area contributed by atoms with Gasteiger partial charge in [-0.05, 0) is 24.6 Å². The molecule has 1 heterocycles. The number of morpholine rings is 1. The Balaban J connectivity index is 2.21. The van der Waals surface area contributed by atoms with Crippen molar-refractivity contribution < 1.29 is 14.2 Å². The number of benzene rings is 1. The van der Waals surface area contributed by atoms with E-state index in [0.717, 1.165) is 0 Å². The summed E-state index contributed by atoms with van der Waals surface area (Å²) >= 11 is 0. The monoisotopic (exact) mass is 225 g/mol. The quantitative estimate of drug-likeness (QED) is 0.831. The molecule has 16 heavy (non-hydrogen) atoms. The number of hydrogen-bond acceptors (Lipinski definition) is 3. The van der Waals surface area contributed by atoms with Gasteiger partial charge in [0, 0.05) is 13.1 Å². The first-order valence-corrected chi connectivity index (χ1v) is 5.48. The lowest BCUT2D eigenvalue weighted by atomic mass is 10.1. The van der Waals surface area contributed by atoms with Crippen molar-refractivity contribution in [2.45, 2.75) is 13.0 Å². The van der Waals surface area contributed by atoms with Crippen molar-refractivity contribution in [3.05, 3.63) is 29.6 Å². The van der Waals surface area contributed by atoms with Crippen molar-refractivity contribution in [3.8, 4) is 0 Å². The van der Waals surface area contributed by atoms with Gasteiger partial charge in [-0.15, -0.1) is 0 Å². The highest BCUT2D eigenvalue weighted by molar-refractivity contribution is 5.49. The fourth-order valence-electron chi connectivity index (χ4n) is 1.84. The Morgan fingerprint density at radius 3 is 2.62 bits per heavy atom. The van der Waals surface area contributed by atoms with Crippen molar-refractivity contribution >= 4 is 5.69 Å². The van der Waals surface area contributed by atoms with Gasteiger partial charge in [-0.2, -0.15) is 0 Å². The Bertz CT molecular complexity index is 362. The van der Waals surface area contributed by atoms with Gasteiger partial charge in [-0.3, -0.25) is 0 Å². The Labute approximate surface area is 94.4 Å². The largest absolute Gasteiger partial charge is 0.389 e. The molecule has 1 saturated heterocycles. The molecule has 88 valence electrons. The van der Waals surface area contributed by atoms with Gasteiger partial charge in [0.2, 0.25) is 0 Å². The summed E-state index contributed by atoms with van der Waals surface area (Å²) in [5, 5.41) is 9.35. The van der Waals surface area contributed by atoms with E-state index in [-0.39, 0.29) is 5.82 Å². The number of rotatable bonds is 2. The zero-order valence-electron chi connectivity index (χ0n) is 9.32. The average Bonchev–Trinajstić information content (AvgIpc) is 2.30. The van der Waals surface area contributed by atoms with Gasteiger partial charge in [0.05, 0.1) is 25.0 Å². The van der Waals surface area contributed by atoms with Crippen LogP contribution in [0.4, 0.5) is 10.1 Å². The van der Waals surface area contributed by atoms with E-state index in [1.807, 2.05) is 4.90 Å². The molecule has 0 saturated carbocycles. The fraction of sp³-hybridized carbons (Fsp3) is 0.500. The molecule has 0 spiro atoms. The Morgan fingerprint density at radius 1 is 1.38 bits per heavy atom. The van der Waals surface area contributed by atoms with Crippen LogP contribution in [-0.2, 0) is 4.74 Å². The second-order valence-electron chi connectivity index (χ2n) is 3.99. The molecule has 2 rings (SSSR count). The third kappa shape index (κ3) is 2.33. The van der Waals surface area contributed by atoms with E-state index in [1.165, 1.54) is 6.07 Å². The second-order valence-corrected chi connectivity index (χ2v) is 3.99. The van der Waals surface area contributed by atoms with E-state index in [9.17, 15) is 9.50 Å². The average molecular weight is 225 g/mol. The van der Waals surface area contributed by atoms with Crippen LogP contribution in [0.5, 0.6) is 0 Å². The molecular weight excluding hydrogens is 209 g/mol. The van der Waals surface area contributed by atoms with Crippen LogP contribution in [0.2, 0.25) is 0 Å². The Morgan fingerprint density at radius 2 is 2.06 bits per heavy atom. The smallest absolute Gasteiger partial charge is 0.146 e. The molecule has 4 heteroatoms. The highest BCUT2D eigenvalue weighted by atomic mass is 19.1. The van der Waals surface area contributed by atoms with Crippen molar-refractivity contribution in [1.29, 1.82) is 0 Å². The van der Waals surface area contributed by atoms with Crippen molar-refractivity contribution in [1.82, 2.24) is 0 Å². The van der Waals surface area contributed by atoms with Gasteiger partial charge >= 0.3 is 0 Å². The Kier molecular flexibility index (Phi) is 3.41. The lowest BCUT2D eigenvalue weighted by molar-refractivity contribution is 0.122. The van der Waals surface area contributed by atoms with Crippen LogP contribution >= 0.6 is 0 Å². The van der Waals surface area contributed by atoms with Crippen molar-refractivity contribution in [3.63, 3.8) is 0 Å². The molecule has 1 N–H and O–H groups in total. The number of nitrogens with zero attached hydrogens (tertiary/aromatic N) is 1. The number of ether oxygens (including phenoxy) is 1. The third-order valence-electron chi connectivity index (χ3n) is 2.81. The van der Waals surface area contributed by atoms with Gasteiger partial charge in [-0.1, -0.05) is 6.07 Å². The molecule has 1 aliphatic rings. The van der Waals surface area contributed by atoms with Gasteiger partial charge in [-0.25, -0.2) is 4.39 Å². The number of anilines is 1. The van der Waals surface area contributed by atoms with Crippen LogP contribution in [0.25, 0.3) is 0 Å². The highest BCUT2D eigenvalue weighted by Crippen LogP contribution is 2.24. The molecule has 0 bridgehead atoms. The van der Waals surface area contributed by atoms with E-state index in [0.29, 0.717) is 37.6 Å². The zero-order valence-corrected chi connectivity index (χ0v) is 9.32. The zero-order chi connectivity index (χ0) is 11.5. The minimum Gasteiger partial charge on any atom is -0.389 e. The predicted molar refractivity (Wildman–Crippen MR) is 60.1 cm³/mol. The minimum absolute atomic E-state index is 0.277. The first kappa shape index (κ1) is 11.4. The molecule has 1 aromatic carbocycles. The summed E-state index contributed by atoms with van der Waals surface area (Å²) < 4.78 is 19.0. The fourth-order valence-corrected chi connectivity index (χ4v) is 1.84. The summed E-state index contributed by atoms with van der Waals surface area (Å²) in [6.07, 6.45) is -0.631. The lowest BCUT2D eigenvalue weighted by Crippen LogP contribution is -2.36. The molecule has 1 aliphatic heterocycles. The van der Waals surface area contributed by atoms with Crippen LogP contribution < -0.4 is 4.90 Å². The normalized spacial score (nSPS) is 18.6. The van der Waals surface area contributed by atoms with Crippen LogP contribution in [0.1, 0.15) is 18.6 Å². The van der Waals surface area contributed by atoms with Gasteiger partial charge in [0.25, 0.3) is 0 Å². The van der Waals surface area contributed by atoms with E-state index in [4.69, 9.17) is 4.74 Å². The maximum atomic E-state index is 13.8. The highest BCUT2D eigenvalue weighted by Gasteiger charge is 2.15. The summed E-state index contributed by atoms with van der Waals surface area (Å²) in [5.74, 6) is -0.277. The molecular formula is C12H16FNO2. The topological polar surface area (TPSA) is 32.7 Å². The Hall–Kier alpha value is -1.13. The van der Waals surface area contributed by atoms with Crippen LogP contribution in [0.15, 0.2) is 18.2 Å². The SMILES string of the molecule is C[C@H](O)c1ccc(N2CCOCC2)c(F)c1. The van der Waals surface area contributed by atoms with Gasteiger partial charge in [0.1, 0.15) is 5.82 Å². The molecule has 1 atom stereocenters. The number of halogens is 1. The maximum Gasteiger partial charge on any atom is 0.146 e. The molecule has 1 fully saturated rings. The van der Waals surface area contributed by atoms with E-state index in [1.54, 1.807) is 19.1 Å². The summed E-state index contributed by atoms with van der Waals surface area (Å²) in [7, 11) is 0. The first-order chi connectivity index (χ1) is 7.68. The first-order valence-electron chi connectivity index (χ1n) is 5.48.